The van der Waals surface area contributed by atoms with Crippen molar-refractivity contribution in [1.29, 1.82) is 0 Å². The molecule has 0 saturated carbocycles. The largest absolute Gasteiger partial charge is 0.371 e. The summed E-state index contributed by atoms with van der Waals surface area (Å²) in [5.74, 6) is 0.978. The molecule has 1 aromatic rings. The molecule has 0 spiro atoms. The van der Waals surface area contributed by atoms with Gasteiger partial charge in [0.05, 0.1) is 0 Å². The van der Waals surface area contributed by atoms with E-state index in [1.807, 2.05) is 19.1 Å². The molecule has 1 aliphatic rings. The minimum Gasteiger partial charge on any atom is -0.371 e. The maximum Gasteiger partial charge on any atom is 0.164 e. The van der Waals surface area contributed by atoms with Crippen LogP contribution in [0.2, 0.25) is 5.02 Å². The highest BCUT2D eigenvalue weighted by Crippen LogP contribution is 2.29. The summed E-state index contributed by atoms with van der Waals surface area (Å²) in [4.78, 5) is 14.3. The molecule has 0 N–H and O–H groups in total. The first kappa shape index (κ1) is 13.4. The van der Waals surface area contributed by atoms with Gasteiger partial charge in [-0.25, -0.2) is 0 Å². The topological polar surface area (TPSA) is 20.3 Å². The minimum absolute atomic E-state index is 0.195. The Balaban J connectivity index is 2.30. The van der Waals surface area contributed by atoms with Crippen molar-refractivity contribution in [3.8, 4) is 0 Å². The Morgan fingerprint density at radius 3 is 2.67 bits per heavy atom. The zero-order valence-electron chi connectivity index (χ0n) is 11.1. The smallest absolute Gasteiger partial charge is 0.164 e. The van der Waals surface area contributed by atoms with Crippen LogP contribution in [0.25, 0.3) is 0 Å². The summed E-state index contributed by atoms with van der Waals surface area (Å²) in [5, 5.41) is 0.705. The van der Waals surface area contributed by atoms with Gasteiger partial charge < -0.3 is 4.90 Å². The van der Waals surface area contributed by atoms with Gasteiger partial charge in [-0.3, -0.25) is 4.79 Å². The van der Waals surface area contributed by atoms with E-state index in [1.165, 1.54) is 12.8 Å². The van der Waals surface area contributed by atoms with Gasteiger partial charge in [0.2, 0.25) is 0 Å². The third-order valence-electron chi connectivity index (χ3n) is 3.71. The summed E-state index contributed by atoms with van der Waals surface area (Å²) < 4.78 is 0. The van der Waals surface area contributed by atoms with Crippen LogP contribution in [0.15, 0.2) is 18.2 Å². The van der Waals surface area contributed by atoms with E-state index in [0.717, 1.165) is 30.3 Å². The van der Waals surface area contributed by atoms with Crippen LogP contribution < -0.4 is 4.90 Å². The van der Waals surface area contributed by atoms with Crippen molar-refractivity contribution in [2.75, 3.05) is 18.0 Å². The molecule has 1 heterocycles. The molecule has 2 rings (SSSR count). The van der Waals surface area contributed by atoms with Crippen molar-refractivity contribution >= 4 is 23.1 Å². The Bertz CT molecular complexity index is 436. The predicted octanol–water partition coefficient (Wildman–Crippen LogP) is 4.17. The first-order chi connectivity index (χ1) is 8.61. The normalized spacial score (nSPS) is 16.9. The fourth-order valence-electron chi connectivity index (χ4n) is 2.44. The van der Waals surface area contributed by atoms with E-state index in [1.54, 1.807) is 6.07 Å². The second-order valence-electron chi connectivity index (χ2n) is 5.11. The van der Waals surface area contributed by atoms with Crippen LogP contribution in [0, 0.1) is 5.92 Å². The van der Waals surface area contributed by atoms with Crippen LogP contribution in [0.1, 0.15) is 43.5 Å². The summed E-state index contributed by atoms with van der Waals surface area (Å²) >= 11 is 6.07. The second kappa shape index (κ2) is 5.75. The molecule has 0 atom stereocenters. The van der Waals surface area contributed by atoms with E-state index in [9.17, 15) is 4.79 Å². The first-order valence-corrected chi connectivity index (χ1v) is 7.07. The van der Waals surface area contributed by atoms with Gasteiger partial charge in [-0.1, -0.05) is 25.4 Å². The highest BCUT2D eigenvalue weighted by molar-refractivity contribution is 6.31. The molecule has 0 aromatic heterocycles. The third-order valence-corrected chi connectivity index (χ3v) is 3.94. The van der Waals surface area contributed by atoms with Gasteiger partial charge in [0.15, 0.2) is 5.78 Å². The van der Waals surface area contributed by atoms with Gasteiger partial charge in [0, 0.05) is 35.8 Å². The number of halogens is 1. The Morgan fingerprint density at radius 2 is 2.06 bits per heavy atom. The van der Waals surface area contributed by atoms with E-state index in [0.29, 0.717) is 11.4 Å². The molecular weight excluding hydrogens is 246 g/mol. The fourth-order valence-corrected chi connectivity index (χ4v) is 2.61. The third kappa shape index (κ3) is 2.86. The van der Waals surface area contributed by atoms with E-state index in [4.69, 9.17) is 11.6 Å². The average molecular weight is 266 g/mol. The molecule has 1 saturated heterocycles. The molecule has 0 radical (unpaired) electrons. The van der Waals surface area contributed by atoms with E-state index in [-0.39, 0.29) is 5.78 Å². The zero-order valence-corrected chi connectivity index (χ0v) is 11.8. The van der Waals surface area contributed by atoms with Crippen molar-refractivity contribution in [1.82, 2.24) is 0 Å². The number of piperidine rings is 1. The van der Waals surface area contributed by atoms with E-state index >= 15 is 0 Å². The molecular formula is C15H20ClNO. The lowest BCUT2D eigenvalue weighted by atomic mass is 9.97. The van der Waals surface area contributed by atoms with Crippen LogP contribution in [0.5, 0.6) is 0 Å². The van der Waals surface area contributed by atoms with Gasteiger partial charge in [0.1, 0.15) is 0 Å². The number of anilines is 1. The monoisotopic (exact) mass is 265 g/mol. The summed E-state index contributed by atoms with van der Waals surface area (Å²) in [7, 11) is 0. The van der Waals surface area contributed by atoms with Gasteiger partial charge in [0.25, 0.3) is 0 Å². The van der Waals surface area contributed by atoms with Crippen LogP contribution in [0.4, 0.5) is 5.69 Å². The van der Waals surface area contributed by atoms with Crippen molar-refractivity contribution in [3.63, 3.8) is 0 Å². The van der Waals surface area contributed by atoms with Crippen LogP contribution in [0.3, 0.4) is 0 Å². The number of hydrogen-bond donors (Lipinski definition) is 0. The minimum atomic E-state index is 0.195. The number of hydrogen-bond acceptors (Lipinski definition) is 2. The molecule has 0 unspecified atom stereocenters. The Kier molecular flexibility index (Phi) is 4.28. The SMILES string of the molecule is CCC(=O)c1ccc(Cl)cc1N1CCC(C)CC1. The van der Waals surface area contributed by atoms with Crippen molar-refractivity contribution in [2.24, 2.45) is 5.92 Å². The summed E-state index contributed by atoms with van der Waals surface area (Å²) in [6.07, 6.45) is 2.91. The number of rotatable bonds is 3. The van der Waals surface area contributed by atoms with Gasteiger partial charge in [-0.05, 0) is 37.0 Å². The maximum atomic E-state index is 12.0. The zero-order chi connectivity index (χ0) is 13.1. The molecule has 0 bridgehead atoms. The molecule has 2 nitrogen and oxygen atoms in total. The van der Waals surface area contributed by atoms with Crippen LogP contribution >= 0.6 is 11.6 Å². The molecule has 1 aliphatic heterocycles. The van der Waals surface area contributed by atoms with Crippen molar-refractivity contribution < 1.29 is 4.79 Å². The summed E-state index contributed by atoms with van der Waals surface area (Å²) in [5.41, 5.74) is 1.83. The predicted molar refractivity (Wildman–Crippen MR) is 76.7 cm³/mol. The maximum absolute atomic E-state index is 12.0. The molecule has 1 aromatic carbocycles. The lowest BCUT2D eigenvalue weighted by Gasteiger charge is -2.33. The lowest BCUT2D eigenvalue weighted by Crippen LogP contribution is -2.33. The number of carbonyl (C=O) groups excluding carboxylic acids is 1. The van der Waals surface area contributed by atoms with E-state index in [2.05, 4.69) is 11.8 Å². The molecule has 98 valence electrons. The quantitative estimate of drug-likeness (QED) is 0.765. The van der Waals surface area contributed by atoms with Crippen molar-refractivity contribution in [3.05, 3.63) is 28.8 Å². The highest BCUT2D eigenvalue weighted by atomic mass is 35.5. The van der Waals surface area contributed by atoms with Crippen LogP contribution in [-0.4, -0.2) is 18.9 Å². The van der Waals surface area contributed by atoms with Gasteiger partial charge in [-0.2, -0.15) is 0 Å². The number of benzene rings is 1. The van der Waals surface area contributed by atoms with Crippen molar-refractivity contribution in [2.45, 2.75) is 33.1 Å². The molecule has 1 fully saturated rings. The summed E-state index contributed by atoms with van der Waals surface area (Å²) in [6, 6.07) is 5.60. The number of nitrogens with zero attached hydrogens (tertiary/aromatic N) is 1. The van der Waals surface area contributed by atoms with E-state index < -0.39 is 0 Å². The van der Waals surface area contributed by atoms with Crippen LogP contribution in [-0.2, 0) is 0 Å². The molecule has 18 heavy (non-hydrogen) atoms. The average Bonchev–Trinajstić information content (AvgIpc) is 2.38. The van der Waals surface area contributed by atoms with Gasteiger partial charge >= 0.3 is 0 Å². The number of carbonyl (C=O) groups is 1. The number of Topliss-reactive ketones (excluding diaryl/α,β-unsaturated/α-hetero) is 1. The standard InChI is InChI=1S/C15H20ClNO/c1-3-15(18)13-5-4-12(16)10-14(13)17-8-6-11(2)7-9-17/h4-5,10-11H,3,6-9H2,1-2H3. The Labute approximate surface area is 114 Å². The second-order valence-corrected chi connectivity index (χ2v) is 5.54. The summed E-state index contributed by atoms with van der Waals surface area (Å²) in [6.45, 7) is 6.23. The number of ketones is 1. The Morgan fingerprint density at radius 1 is 1.39 bits per heavy atom. The fraction of sp³-hybridized carbons (Fsp3) is 0.533. The molecule has 0 amide bonds. The lowest BCUT2D eigenvalue weighted by molar-refractivity contribution is 0.0988. The van der Waals surface area contributed by atoms with Gasteiger partial charge in [-0.15, -0.1) is 0 Å². The Hall–Kier alpha value is -1.02. The first-order valence-electron chi connectivity index (χ1n) is 6.69. The molecule has 3 heteroatoms. The highest BCUT2D eigenvalue weighted by Gasteiger charge is 2.20. The molecule has 0 aliphatic carbocycles.